The number of benzene rings is 1. The van der Waals surface area contributed by atoms with Crippen molar-refractivity contribution < 1.29 is 39.3 Å². The Hall–Kier alpha value is -4.44. The molecule has 216 valence electrons. The van der Waals surface area contributed by atoms with E-state index in [1.165, 1.54) is 24.3 Å². The Morgan fingerprint density at radius 3 is 1.95 bits per heavy atom. The number of phenols is 1. The zero-order valence-electron chi connectivity index (χ0n) is 21.2. The molecule has 0 heterocycles. The zero-order valence-corrected chi connectivity index (χ0v) is 21.2. The number of aliphatic carboxylic acids is 1. The lowest BCUT2D eigenvalue weighted by atomic mass is 10.0. The van der Waals surface area contributed by atoms with E-state index in [-0.39, 0.29) is 50.4 Å². The van der Waals surface area contributed by atoms with Crippen molar-refractivity contribution in [3.05, 3.63) is 29.8 Å². The Morgan fingerprint density at radius 1 is 0.846 bits per heavy atom. The molecule has 0 radical (unpaired) electrons. The summed E-state index contributed by atoms with van der Waals surface area (Å²) in [5, 5.41) is 35.3. The van der Waals surface area contributed by atoms with Crippen molar-refractivity contribution in [3.63, 3.8) is 0 Å². The fraction of sp³-hybridized carbons (Fsp3) is 0.478. The number of carbonyl (C=O) groups excluding carboxylic acids is 4. The lowest BCUT2D eigenvalue weighted by Crippen LogP contribution is -2.58. The second-order valence-corrected chi connectivity index (χ2v) is 8.64. The number of nitrogens with zero attached hydrogens (tertiary/aromatic N) is 1. The molecule has 0 spiro atoms. The number of guanidine groups is 1. The van der Waals surface area contributed by atoms with Crippen LogP contribution in [0.15, 0.2) is 29.3 Å². The van der Waals surface area contributed by atoms with Gasteiger partial charge in [-0.05, 0) is 37.0 Å². The number of carboxylic acids is 1. The lowest BCUT2D eigenvalue weighted by Gasteiger charge is -2.25. The van der Waals surface area contributed by atoms with Crippen LogP contribution in [0.3, 0.4) is 0 Å². The van der Waals surface area contributed by atoms with Gasteiger partial charge in [0.25, 0.3) is 0 Å². The van der Waals surface area contributed by atoms with Crippen molar-refractivity contribution in [1.29, 1.82) is 0 Å². The molecule has 4 unspecified atom stereocenters. The highest BCUT2D eigenvalue weighted by Gasteiger charge is 2.30. The van der Waals surface area contributed by atoms with Gasteiger partial charge in [0.2, 0.25) is 23.6 Å². The van der Waals surface area contributed by atoms with E-state index < -0.39 is 60.4 Å². The number of aliphatic hydroxyl groups excluding tert-OH is 1. The highest BCUT2D eigenvalue weighted by atomic mass is 16.4. The predicted molar refractivity (Wildman–Crippen MR) is 139 cm³/mol. The summed E-state index contributed by atoms with van der Waals surface area (Å²) in [6.07, 6.45) is -0.483. The van der Waals surface area contributed by atoms with Gasteiger partial charge in [0.05, 0.1) is 6.61 Å². The van der Waals surface area contributed by atoms with Crippen LogP contribution >= 0.6 is 0 Å². The molecule has 0 bridgehead atoms. The van der Waals surface area contributed by atoms with Gasteiger partial charge in [-0.3, -0.25) is 24.2 Å². The van der Waals surface area contributed by atoms with Gasteiger partial charge in [-0.1, -0.05) is 12.1 Å². The lowest BCUT2D eigenvalue weighted by molar-refractivity contribution is -0.142. The monoisotopic (exact) mass is 552 g/mol. The third-order valence-electron chi connectivity index (χ3n) is 5.41. The normalized spacial score (nSPS) is 13.7. The molecule has 39 heavy (non-hydrogen) atoms. The van der Waals surface area contributed by atoms with Crippen molar-refractivity contribution in [1.82, 2.24) is 16.0 Å². The number of phenolic OH excluding ortho intramolecular Hbond substituents is 1. The van der Waals surface area contributed by atoms with Crippen molar-refractivity contribution in [3.8, 4) is 5.75 Å². The Kier molecular flexibility index (Phi) is 13.7. The van der Waals surface area contributed by atoms with E-state index in [0.717, 1.165) is 0 Å². The molecular weight excluding hydrogens is 516 g/mol. The van der Waals surface area contributed by atoms with Crippen LogP contribution < -0.4 is 38.9 Å². The molecule has 0 aliphatic carbocycles. The number of hydrogen-bond donors (Lipinski definition) is 10. The second-order valence-electron chi connectivity index (χ2n) is 8.64. The van der Waals surface area contributed by atoms with E-state index >= 15 is 0 Å². The molecule has 4 amide bonds. The maximum atomic E-state index is 13.2. The van der Waals surface area contributed by atoms with Crippen LogP contribution in [0.25, 0.3) is 0 Å². The highest BCUT2D eigenvalue weighted by molar-refractivity contribution is 5.94. The minimum atomic E-state index is -1.39. The molecule has 14 N–H and O–H groups in total. The van der Waals surface area contributed by atoms with Crippen molar-refractivity contribution >= 4 is 35.6 Å². The van der Waals surface area contributed by atoms with Crippen LogP contribution in [0.2, 0.25) is 0 Å². The fourth-order valence-corrected chi connectivity index (χ4v) is 3.30. The standard InChI is InChI=1S/C23H36N8O8/c24-14(11-32)19(35)31-17(10-12-3-5-13(33)6-4-12)21(37)29-15(7-8-18(25)34)20(36)30-16(22(38)39)2-1-9-28-23(26)27/h3-6,14-17,32-33H,1-2,7-11,24H2,(H2,25,34)(H,29,37)(H,30,36)(H,31,35)(H,38,39)(H4,26,27,28). The number of nitrogens with two attached hydrogens (primary N) is 4. The van der Waals surface area contributed by atoms with Crippen LogP contribution in [-0.2, 0) is 30.4 Å². The number of aliphatic imine (C=N–C) groups is 1. The molecule has 0 saturated heterocycles. The van der Waals surface area contributed by atoms with Crippen LogP contribution in [0.4, 0.5) is 0 Å². The predicted octanol–water partition coefficient (Wildman–Crippen LogP) is -3.89. The van der Waals surface area contributed by atoms with E-state index in [1.54, 1.807) is 0 Å². The first-order valence-electron chi connectivity index (χ1n) is 12.0. The number of aromatic hydroxyl groups is 1. The zero-order chi connectivity index (χ0) is 29.5. The van der Waals surface area contributed by atoms with E-state index in [1.807, 2.05) is 0 Å². The smallest absolute Gasteiger partial charge is 0.326 e. The summed E-state index contributed by atoms with van der Waals surface area (Å²) in [7, 11) is 0. The number of primary amides is 1. The Balaban J connectivity index is 3.09. The molecule has 16 heteroatoms. The maximum absolute atomic E-state index is 13.2. The average molecular weight is 553 g/mol. The molecule has 1 aromatic carbocycles. The van der Waals surface area contributed by atoms with Crippen LogP contribution in [0.1, 0.15) is 31.2 Å². The molecule has 1 aromatic rings. The van der Waals surface area contributed by atoms with Gasteiger partial charge < -0.3 is 54.2 Å². The number of hydrogen-bond acceptors (Lipinski definition) is 9. The Morgan fingerprint density at radius 2 is 1.41 bits per heavy atom. The molecule has 0 fully saturated rings. The fourth-order valence-electron chi connectivity index (χ4n) is 3.30. The minimum Gasteiger partial charge on any atom is -0.508 e. The summed E-state index contributed by atoms with van der Waals surface area (Å²) in [6.45, 7) is -0.568. The number of rotatable bonds is 17. The van der Waals surface area contributed by atoms with E-state index in [2.05, 4.69) is 20.9 Å². The van der Waals surface area contributed by atoms with Crippen molar-refractivity contribution in [2.45, 2.75) is 56.3 Å². The SMILES string of the molecule is NC(=O)CCC(NC(=O)C(Cc1ccc(O)cc1)NC(=O)C(N)CO)C(=O)NC(CCCN=C(N)N)C(=O)O. The summed E-state index contributed by atoms with van der Waals surface area (Å²) in [5.74, 6) is -4.91. The van der Waals surface area contributed by atoms with E-state index in [9.17, 15) is 39.3 Å². The van der Waals surface area contributed by atoms with Gasteiger partial charge in [0.1, 0.15) is 29.9 Å². The summed E-state index contributed by atoms with van der Waals surface area (Å²) in [4.78, 5) is 65.2. The minimum absolute atomic E-state index is 0.0273. The molecular formula is C23H36N8O8. The first-order valence-corrected chi connectivity index (χ1v) is 12.0. The number of carbonyl (C=O) groups is 5. The number of carboxylic acid groups (broad SMARTS) is 1. The molecule has 4 atom stereocenters. The topological polar surface area (TPSA) is 299 Å². The summed E-state index contributed by atoms with van der Waals surface area (Å²) in [5.41, 5.74) is 21.7. The first kappa shape index (κ1) is 32.6. The van der Waals surface area contributed by atoms with Gasteiger partial charge in [0.15, 0.2) is 5.96 Å². The van der Waals surface area contributed by atoms with Crippen LogP contribution in [-0.4, -0.2) is 88.2 Å². The molecule has 0 aliphatic rings. The molecule has 0 aliphatic heterocycles. The van der Waals surface area contributed by atoms with Gasteiger partial charge >= 0.3 is 5.97 Å². The van der Waals surface area contributed by atoms with Crippen LogP contribution in [0, 0.1) is 0 Å². The van der Waals surface area contributed by atoms with Gasteiger partial charge in [-0.25, -0.2) is 4.79 Å². The largest absolute Gasteiger partial charge is 0.508 e. The summed E-state index contributed by atoms with van der Waals surface area (Å²) < 4.78 is 0. The Labute approximate surface area is 224 Å². The molecule has 0 aromatic heterocycles. The average Bonchev–Trinajstić information content (AvgIpc) is 2.87. The van der Waals surface area contributed by atoms with Gasteiger partial charge in [-0.15, -0.1) is 0 Å². The summed E-state index contributed by atoms with van der Waals surface area (Å²) in [6, 6.07) is 0.380. The Bertz CT molecular complexity index is 1030. The van der Waals surface area contributed by atoms with E-state index in [4.69, 9.17) is 22.9 Å². The van der Waals surface area contributed by atoms with Crippen molar-refractivity contribution in [2.75, 3.05) is 13.2 Å². The third-order valence-corrected chi connectivity index (χ3v) is 5.41. The van der Waals surface area contributed by atoms with Crippen molar-refractivity contribution in [2.24, 2.45) is 27.9 Å². The highest BCUT2D eigenvalue weighted by Crippen LogP contribution is 2.12. The molecule has 1 rings (SSSR count). The first-order chi connectivity index (χ1) is 18.3. The third kappa shape index (κ3) is 12.6. The number of aliphatic hydroxyl groups is 1. The summed E-state index contributed by atoms with van der Waals surface area (Å²) >= 11 is 0. The second kappa shape index (κ2) is 16.4. The molecule has 0 saturated carbocycles. The van der Waals surface area contributed by atoms with Gasteiger partial charge in [0, 0.05) is 19.4 Å². The van der Waals surface area contributed by atoms with E-state index in [0.29, 0.717) is 5.56 Å². The maximum Gasteiger partial charge on any atom is 0.326 e. The van der Waals surface area contributed by atoms with Crippen LogP contribution in [0.5, 0.6) is 5.75 Å². The number of amides is 4. The van der Waals surface area contributed by atoms with Gasteiger partial charge in [-0.2, -0.15) is 0 Å². The quantitative estimate of drug-likeness (QED) is 0.0506. The number of nitrogens with one attached hydrogen (secondary N) is 3. The molecule has 16 nitrogen and oxygen atoms in total.